The van der Waals surface area contributed by atoms with Crippen LogP contribution in [0.5, 0.6) is 0 Å². The van der Waals surface area contributed by atoms with Gasteiger partial charge in [-0.05, 0) is 23.8 Å². The van der Waals surface area contributed by atoms with Crippen molar-refractivity contribution in [1.82, 2.24) is 4.98 Å². The lowest BCUT2D eigenvalue weighted by atomic mass is 10.1. The Balaban J connectivity index is 2.37. The fourth-order valence-electron chi connectivity index (χ4n) is 1.36. The highest BCUT2D eigenvalue weighted by Gasteiger charge is 2.00. The zero-order chi connectivity index (χ0) is 10.7. The molecule has 0 aliphatic rings. The summed E-state index contributed by atoms with van der Waals surface area (Å²) in [5, 5.41) is 0. The molecule has 0 bridgehead atoms. The van der Waals surface area contributed by atoms with Gasteiger partial charge < -0.3 is 5.73 Å². The number of rotatable bonds is 2. The zero-order valence-corrected chi connectivity index (χ0v) is 8.15. The van der Waals surface area contributed by atoms with Crippen LogP contribution in [0.25, 0.3) is 11.3 Å². The van der Waals surface area contributed by atoms with Crippen molar-refractivity contribution >= 4 is 0 Å². The van der Waals surface area contributed by atoms with E-state index in [2.05, 4.69) is 4.98 Å². The van der Waals surface area contributed by atoms with Crippen LogP contribution in [0.4, 0.5) is 4.39 Å². The molecule has 1 aromatic heterocycles. The number of nitrogens with zero attached hydrogens (tertiary/aromatic N) is 1. The van der Waals surface area contributed by atoms with Gasteiger partial charge in [0.25, 0.3) is 0 Å². The van der Waals surface area contributed by atoms with Gasteiger partial charge in [-0.15, -0.1) is 0 Å². The number of nitrogens with two attached hydrogens (primary N) is 1. The van der Waals surface area contributed by atoms with E-state index in [9.17, 15) is 4.39 Å². The summed E-state index contributed by atoms with van der Waals surface area (Å²) in [4.78, 5) is 4.21. The average Bonchev–Trinajstić information content (AvgIpc) is 2.29. The minimum atomic E-state index is -0.253. The molecule has 2 aromatic rings. The smallest absolute Gasteiger partial charge is 0.123 e. The summed E-state index contributed by atoms with van der Waals surface area (Å²) in [6.45, 7) is 0.469. The molecule has 0 amide bonds. The summed E-state index contributed by atoms with van der Waals surface area (Å²) >= 11 is 0. The maximum Gasteiger partial charge on any atom is 0.123 e. The molecule has 1 heterocycles. The average molecular weight is 202 g/mol. The molecule has 0 aliphatic heterocycles. The Hall–Kier alpha value is -1.74. The fourth-order valence-corrected chi connectivity index (χ4v) is 1.36. The Bertz CT molecular complexity index is 451. The first kappa shape index (κ1) is 9.80. The molecular formula is C12H11FN2. The highest BCUT2D eigenvalue weighted by Crippen LogP contribution is 2.17. The normalized spacial score (nSPS) is 10.3. The van der Waals surface area contributed by atoms with Crippen LogP contribution >= 0.6 is 0 Å². The van der Waals surface area contributed by atoms with Gasteiger partial charge in [0.05, 0.1) is 5.69 Å². The second-order valence-electron chi connectivity index (χ2n) is 3.27. The topological polar surface area (TPSA) is 38.9 Å². The first-order chi connectivity index (χ1) is 7.29. The van der Waals surface area contributed by atoms with Gasteiger partial charge in [-0.25, -0.2) is 4.39 Å². The van der Waals surface area contributed by atoms with E-state index in [-0.39, 0.29) is 5.82 Å². The summed E-state index contributed by atoms with van der Waals surface area (Å²) in [6, 6.07) is 10.1. The molecule has 3 heteroatoms. The third-order valence-electron chi connectivity index (χ3n) is 2.18. The van der Waals surface area contributed by atoms with Crippen LogP contribution in [0.1, 0.15) is 5.56 Å². The second kappa shape index (κ2) is 4.19. The van der Waals surface area contributed by atoms with E-state index in [1.165, 1.54) is 12.1 Å². The minimum absolute atomic E-state index is 0.253. The molecule has 1 aromatic carbocycles. The van der Waals surface area contributed by atoms with Crippen LogP contribution in [0.3, 0.4) is 0 Å². The predicted molar refractivity (Wildman–Crippen MR) is 57.5 cm³/mol. The second-order valence-corrected chi connectivity index (χ2v) is 3.27. The quantitative estimate of drug-likeness (QED) is 0.811. The molecule has 15 heavy (non-hydrogen) atoms. The molecular weight excluding hydrogens is 191 g/mol. The molecule has 76 valence electrons. The summed E-state index contributed by atoms with van der Waals surface area (Å²) < 4.78 is 13.0. The summed E-state index contributed by atoms with van der Waals surface area (Å²) in [7, 11) is 0. The van der Waals surface area contributed by atoms with Crippen molar-refractivity contribution in [2.24, 2.45) is 5.73 Å². The molecule has 2 rings (SSSR count). The Morgan fingerprint density at radius 3 is 2.67 bits per heavy atom. The van der Waals surface area contributed by atoms with Crippen molar-refractivity contribution in [2.75, 3.05) is 0 Å². The Morgan fingerprint density at radius 2 is 2.07 bits per heavy atom. The maximum absolute atomic E-state index is 13.0. The van der Waals surface area contributed by atoms with Crippen LogP contribution in [0, 0.1) is 5.82 Å². The first-order valence-electron chi connectivity index (χ1n) is 4.70. The van der Waals surface area contributed by atoms with Crippen molar-refractivity contribution in [3.8, 4) is 11.3 Å². The molecule has 0 fully saturated rings. The van der Waals surface area contributed by atoms with Gasteiger partial charge in [-0.1, -0.05) is 18.2 Å². The molecule has 0 atom stereocenters. The van der Waals surface area contributed by atoms with Crippen molar-refractivity contribution in [3.63, 3.8) is 0 Å². The van der Waals surface area contributed by atoms with E-state index >= 15 is 0 Å². The largest absolute Gasteiger partial charge is 0.326 e. The predicted octanol–water partition coefficient (Wildman–Crippen LogP) is 2.35. The third kappa shape index (κ3) is 2.19. The summed E-state index contributed by atoms with van der Waals surface area (Å²) in [6.07, 6.45) is 1.71. The summed E-state index contributed by atoms with van der Waals surface area (Å²) in [5.74, 6) is -0.253. The number of aromatic nitrogens is 1. The molecule has 0 radical (unpaired) electrons. The van der Waals surface area contributed by atoms with E-state index < -0.39 is 0 Å². The van der Waals surface area contributed by atoms with Crippen LogP contribution in [-0.2, 0) is 6.54 Å². The van der Waals surface area contributed by atoms with E-state index in [0.29, 0.717) is 6.54 Å². The number of halogens is 1. The monoisotopic (exact) mass is 202 g/mol. The van der Waals surface area contributed by atoms with Gasteiger partial charge in [0.2, 0.25) is 0 Å². The first-order valence-corrected chi connectivity index (χ1v) is 4.70. The maximum atomic E-state index is 13.0. The van der Waals surface area contributed by atoms with Gasteiger partial charge in [-0.2, -0.15) is 0 Å². The molecule has 0 aliphatic carbocycles. The highest BCUT2D eigenvalue weighted by atomic mass is 19.1. The number of benzene rings is 1. The van der Waals surface area contributed by atoms with Gasteiger partial charge >= 0.3 is 0 Å². The van der Waals surface area contributed by atoms with Crippen LogP contribution < -0.4 is 5.73 Å². The van der Waals surface area contributed by atoms with Crippen LogP contribution in [0.2, 0.25) is 0 Å². The van der Waals surface area contributed by atoms with Crippen LogP contribution in [0.15, 0.2) is 42.6 Å². The molecule has 0 unspecified atom stereocenters. The van der Waals surface area contributed by atoms with E-state index in [0.717, 1.165) is 16.8 Å². The zero-order valence-electron chi connectivity index (χ0n) is 8.15. The molecule has 0 spiro atoms. The van der Waals surface area contributed by atoms with Gasteiger partial charge in [0.1, 0.15) is 5.82 Å². The fraction of sp³-hybridized carbons (Fsp3) is 0.0833. The molecule has 0 saturated heterocycles. The SMILES string of the molecule is NCc1ccc(-c2cccc(F)c2)nc1. The van der Waals surface area contributed by atoms with Crippen molar-refractivity contribution in [1.29, 1.82) is 0 Å². The van der Waals surface area contributed by atoms with Crippen molar-refractivity contribution in [3.05, 3.63) is 54.0 Å². The Labute approximate surface area is 87.6 Å². The molecule has 0 saturated carbocycles. The van der Waals surface area contributed by atoms with E-state index in [1.54, 1.807) is 12.3 Å². The number of hydrogen-bond acceptors (Lipinski definition) is 2. The Kier molecular flexibility index (Phi) is 2.74. The minimum Gasteiger partial charge on any atom is -0.326 e. The van der Waals surface area contributed by atoms with E-state index in [1.807, 2.05) is 18.2 Å². The van der Waals surface area contributed by atoms with Crippen molar-refractivity contribution in [2.45, 2.75) is 6.54 Å². The molecule has 2 nitrogen and oxygen atoms in total. The standard InChI is InChI=1S/C12H11FN2/c13-11-3-1-2-10(6-11)12-5-4-9(7-14)8-15-12/h1-6,8H,7,14H2. The third-order valence-corrected chi connectivity index (χ3v) is 2.18. The number of pyridine rings is 1. The van der Waals surface area contributed by atoms with Crippen LogP contribution in [-0.4, -0.2) is 4.98 Å². The number of hydrogen-bond donors (Lipinski definition) is 1. The van der Waals surface area contributed by atoms with Gasteiger partial charge in [0, 0.05) is 18.3 Å². The lowest BCUT2D eigenvalue weighted by Crippen LogP contribution is -1.96. The lowest BCUT2D eigenvalue weighted by molar-refractivity contribution is 0.628. The van der Waals surface area contributed by atoms with Crippen molar-refractivity contribution < 1.29 is 4.39 Å². The lowest BCUT2D eigenvalue weighted by Gasteiger charge is -2.01. The highest BCUT2D eigenvalue weighted by molar-refractivity contribution is 5.58. The van der Waals surface area contributed by atoms with Gasteiger partial charge in [0.15, 0.2) is 0 Å². The van der Waals surface area contributed by atoms with E-state index in [4.69, 9.17) is 5.73 Å². The van der Waals surface area contributed by atoms with Gasteiger partial charge in [-0.3, -0.25) is 4.98 Å². The summed E-state index contributed by atoms with van der Waals surface area (Å²) in [5.41, 5.74) is 7.96. The Morgan fingerprint density at radius 1 is 1.20 bits per heavy atom. The molecule has 2 N–H and O–H groups in total.